The van der Waals surface area contributed by atoms with Crippen LogP contribution in [0.2, 0.25) is 0 Å². The van der Waals surface area contributed by atoms with Crippen LogP contribution in [-0.2, 0) is 0 Å². The second-order valence-electron chi connectivity index (χ2n) is 5.38. The van der Waals surface area contributed by atoms with Gasteiger partial charge in [-0.05, 0) is 31.1 Å². The number of hydrogen-bond donors (Lipinski definition) is 1. The highest BCUT2D eigenvalue weighted by Crippen LogP contribution is 2.20. The Balaban J connectivity index is 3.64. The Labute approximate surface area is 96.8 Å². The van der Waals surface area contributed by atoms with Gasteiger partial charge in [-0.15, -0.1) is 0 Å². The predicted molar refractivity (Wildman–Crippen MR) is 70.0 cm³/mol. The van der Waals surface area contributed by atoms with E-state index in [1.165, 1.54) is 44.9 Å². The van der Waals surface area contributed by atoms with Gasteiger partial charge < -0.3 is 5.73 Å². The fraction of sp³-hybridized carbons (Fsp3) is 1.00. The summed E-state index contributed by atoms with van der Waals surface area (Å²) in [6.45, 7) is 9.13. The molecule has 0 aliphatic carbocycles. The van der Waals surface area contributed by atoms with E-state index in [1.807, 2.05) is 0 Å². The molecule has 0 aliphatic rings. The first-order valence-corrected chi connectivity index (χ1v) is 6.85. The van der Waals surface area contributed by atoms with Crippen molar-refractivity contribution in [3.63, 3.8) is 0 Å². The molecule has 1 nitrogen and oxygen atoms in total. The summed E-state index contributed by atoms with van der Waals surface area (Å²) in [5.41, 5.74) is 6.17. The molecule has 0 bridgehead atoms. The molecule has 0 aliphatic heterocycles. The zero-order valence-corrected chi connectivity index (χ0v) is 11.3. The molecule has 2 atom stereocenters. The molecule has 0 saturated heterocycles. The van der Waals surface area contributed by atoms with Crippen LogP contribution < -0.4 is 5.73 Å². The summed E-state index contributed by atoms with van der Waals surface area (Å²) in [5.74, 6) is 1.67. The lowest BCUT2D eigenvalue weighted by Crippen LogP contribution is -2.24. The first-order valence-electron chi connectivity index (χ1n) is 6.85. The molecule has 0 aromatic rings. The van der Waals surface area contributed by atoms with Crippen molar-refractivity contribution in [3.05, 3.63) is 0 Å². The van der Waals surface area contributed by atoms with Crippen LogP contribution in [0, 0.1) is 11.8 Å². The second kappa shape index (κ2) is 9.21. The molecule has 0 rings (SSSR count). The topological polar surface area (TPSA) is 26.0 Å². The normalized spacial score (nSPS) is 15.6. The smallest absolute Gasteiger partial charge is 0.00415 e. The van der Waals surface area contributed by atoms with E-state index in [0.717, 1.165) is 11.8 Å². The molecule has 0 amide bonds. The summed E-state index contributed by atoms with van der Waals surface area (Å²) in [6.07, 6.45) is 9.10. The van der Waals surface area contributed by atoms with Crippen LogP contribution in [-0.4, -0.2) is 6.04 Å². The van der Waals surface area contributed by atoms with Crippen LogP contribution in [0.15, 0.2) is 0 Å². The molecular formula is C14H31N. The van der Waals surface area contributed by atoms with E-state index < -0.39 is 0 Å². The van der Waals surface area contributed by atoms with Gasteiger partial charge in [0.2, 0.25) is 0 Å². The Bertz CT molecular complexity index is 131. The van der Waals surface area contributed by atoms with Gasteiger partial charge in [0.15, 0.2) is 0 Å². The third-order valence-corrected chi connectivity index (χ3v) is 3.29. The fourth-order valence-electron chi connectivity index (χ4n) is 2.07. The Hall–Kier alpha value is -0.0400. The maximum atomic E-state index is 6.17. The number of nitrogens with two attached hydrogens (primary N) is 1. The maximum absolute atomic E-state index is 6.17. The maximum Gasteiger partial charge on any atom is 0.00415 e. The van der Waals surface area contributed by atoms with Gasteiger partial charge in [0.1, 0.15) is 0 Å². The van der Waals surface area contributed by atoms with Gasteiger partial charge in [0.25, 0.3) is 0 Å². The lowest BCUT2D eigenvalue weighted by atomic mass is 9.90. The highest BCUT2D eigenvalue weighted by molar-refractivity contribution is 4.68. The highest BCUT2D eigenvalue weighted by Gasteiger charge is 2.11. The van der Waals surface area contributed by atoms with Gasteiger partial charge in [-0.2, -0.15) is 0 Å². The van der Waals surface area contributed by atoms with Crippen molar-refractivity contribution in [2.24, 2.45) is 17.6 Å². The standard InChI is InChI=1S/C14H31N/c1-5-7-8-13(6-2)11-14(15)10-9-12(3)4/h12-14H,5-11,15H2,1-4H3. The number of unbranched alkanes of at least 4 members (excludes halogenated alkanes) is 1. The fourth-order valence-corrected chi connectivity index (χ4v) is 2.07. The van der Waals surface area contributed by atoms with Crippen molar-refractivity contribution < 1.29 is 0 Å². The summed E-state index contributed by atoms with van der Waals surface area (Å²) in [7, 11) is 0. The first kappa shape index (κ1) is 15.0. The molecule has 1 heteroatoms. The van der Waals surface area contributed by atoms with E-state index in [-0.39, 0.29) is 0 Å². The van der Waals surface area contributed by atoms with Crippen molar-refractivity contribution in [1.82, 2.24) is 0 Å². The van der Waals surface area contributed by atoms with Crippen molar-refractivity contribution in [2.75, 3.05) is 0 Å². The molecule has 0 aromatic carbocycles. The summed E-state index contributed by atoms with van der Waals surface area (Å²) in [5, 5.41) is 0. The first-order chi connectivity index (χ1) is 7.10. The zero-order valence-electron chi connectivity index (χ0n) is 11.3. The van der Waals surface area contributed by atoms with Crippen molar-refractivity contribution in [3.8, 4) is 0 Å². The largest absolute Gasteiger partial charge is 0.328 e. The Morgan fingerprint density at radius 1 is 1.00 bits per heavy atom. The molecular weight excluding hydrogens is 182 g/mol. The molecule has 0 radical (unpaired) electrons. The van der Waals surface area contributed by atoms with Gasteiger partial charge >= 0.3 is 0 Å². The van der Waals surface area contributed by atoms with Crippen molar-refractivity contribution >= 4 is 0 Å². The molecule has 0 saturated carbocycles. The van der Waals surface area contributed by atoms with E-state index in [4.69, 9.17) is 5.73 Å². The summed E-state index contributed by atoms with van der Waals surface area (Å²) < 4.78 is 0. The van der Waals surface area contributed by atoms with Gasteiger partial charge in [-0.1, -0.05) is 53.4 Å². The summed E-state index contributed by atoms with van der Waals surface area (Å²) in [6, 6.07) is 0.439. The lowest BCUT2D eigenvalue weighted by Gasteiger charge is -2.20. The zero-order chi connectivity index (χ0) is 11.7. The minimum atomic E-state index is 0.439. The highest BCUT2D eigenvalue weighted by atomic mass is 14.6. The van der Waals surface area contributed by atoms with Crippen LogP contribution in [0.4, 0.5) is 0 Å². The average Bonchev–Trinajstić information content (AvgIpc) is 2.21. The lowest BCUT2D eigenvalue weighted by molar-refractivity contribution is 0.361. The Kier molecular flexibility index (Phi) is 9.18. The van der Waals surface area contributed by atoms with Gasteiger partial charge in [0.05, 0.1) is 0 Å². The molecule has 2 N–H and O–H groups in total. The van der Waals surface area contributed by atoms with E-state index in [2.05, 4.69) is 27.7 Å². The van der Waals surface area contributed by atoms with E-state index in [9.17, 15) is 0 Å². The van der Waals surface area contributed by atoms with Gasteiger partial charge in [-0.3, -0.25) is 0 Å². The van der Waals surface area contributed by atoms with E-state index in [1.54, 1.807) is 0 Å². The van der Waals surface area contributed by atoms with E-state index in [0.29, 0.717) is 6.04 Å². The number of hydrogen-bond acceptors (Lipinski definition) is 1. The van der Waals surface area contributed by atoms with Crippen molar-refractivity contribution in [2.45, 2.75) is 78.7 Å². The third kappa shape index (κ3) is 8.92. The Morgan fingerprint density at radius 3 is 2.13 bits per heavy atom. The molecule has 92 valence electrons. The summed E-state index contributed by atoms with van der Waals surface area (Å²) in [4.78, 5) is 0. The Morgan fingerprint density at radius 2 is 1.67 bits per heavy atom. The monoisotopic (exact) mass is 213 g/mol. The van der Waals surface area contributed by atoms with Crippen LogP contribution in [0.3, 0.4) is 0 Å². The van der Waals surface area contributed by atoms with Gasteiger partial charge in [0, 0.05) is 6.04 Å². The minimum absolute atomic E-state index is 0.439. The molecule has 0 aromatic heterocycles. The SMILES string of the molecule is CCCCC(CC)CC(N)CCC(C)C. The van der Waals surface area contributed by atoms with Crippen LogP contribution >= 0.6 is 0 Å². The van der Waals surface area contributed by atoms with Crippen molar-refractivity contribution in [1.29, 1.82) is 0 Å². The summed E-state index contributed by atoms with van der Waals surface area (Å²) >= 11 is 0. The molecule has 15 heavy (non-hydrogen) atoms. The molecule has 0 fully saturated rings. The third-order valence-electron chi connectivity index (χ3n) is 3.29. The molecule has 0 heterocycles. The molecule has 2 unspecified atom stereocenters. The van der Waals surface area contributed by atoms with E-state index >= 15 is 0 Å². The molecule has 0 spiro atoms. The predicted octanol–water partition coefficient (Wildman–Crippen LogP) is 4.36. The van der Waals surface area contributed by atoms with Crippen LogP contribution in [0.5, 0.6) is 0 Å². The van der Waals surface area contributed by atoms with Crippen LogP contribution in [0.25, 0.3) is 0 Å². The quantitative estimate of drug-likeness (QED) is 0.605. The second-order valence-corrected chi connectivity index (χ2v) is 5.38. The average molecular weight is 213 g/mol. The van der Waals surface area contributed by atoms with Crippen LogP contribution in [0.1, 0.15) is 72.6 Å². The number of rotatable bonds is 9. The van der Waals surface area contributed by atoms with Gasteiger partial charge in [-0.25, -0.2) is 0 Å². The minimum Gasteiger partial charge on any atom is -0.328 e.